The Morgan fingerprint density at radius 1 is 1.48 bits per heavy atom. The first-order valence-electron chi connectivity index (χ1n) is 9.22. The highest BCUT2D eigenvalue weighted by atomic mass is 16.5. The Labute approximate surface area is 149 Å². The lowest BCUT2D eigenvalue weighted by Crippen LogP contribution is -2.48. The summed E-state index contributed by atoms with van der Waals surface area (Å²) < 4.78 is 11.0. The number of carbonyl (C=O) groups is 1. The van der Waals surface area contributed by atoms with E-state index in [1.54, 1.807) is 18.3 Å². The molecule has 2 N–H and O–H groups in total. The van der Waals surface area contributed by atoms with Crippen LogP contribution in [-0.4, -0.2) is 61.4 Å². The maximum absolute atomic E-state index is 12.3. The van der Waals surface area contributed by atoms with Gasteiger partial charge in [-0.05, 0) is 51.4 Å². The minimum absolute atomic E-state index is 0.225. The van der Waals surface area contributed by atoms with Crippen LogP contribution in [0.5, 0.6) is 5.88 Å². The Balaban J connectivity index is 1.56. The number of anilines is 1. The summed E-state index contributed by atoms with van der Waals surface area (Å²) in [6.45, 7) is 6.87. The zero-order valence-electron chi connectivity index (χ0n) is 14.9. The maximum Gasteiger partial charge on any atom is 0.319 e. The number of nitrogens with zero attached hydrogens (tertiary/aromatic N) is 2. The second-order valence-corrected chi connectivity index (χ2v) is 6.56. The van der Waals surface area contributed by atoms with Crippen LogP contribution in [0.25, 0.3) is 0 Å². The van der Waals surface area contributed by atoms with Crippen molar-refractivity contribution in [2.75, 3.05) is 44.8 Å². The molecule has 2 amide bonds. The maximum atomic E-state index is 12.3. The van der Waals surface area contributed by atoms with Gasteiger partial charge in [-0.1, -0.05) is 0 Å². The summed E-state index contributed by atoms with van der Waals surface area (Å²) in [5.74, 6) is 0.941. The third-order valence-electron chi connectivity index (χ3n) is 4.89. The number of amides is 2. The van der Waals surface area contributed by atoms with Gasteiger partial charge in [0.1, 0.15) is 5.69 Å². The second kappa shape index (κ2) is 9.01. The number of hydrogen-bond acceptors (Lipinski definition) is 5. The van der Waals surface area contributed by atoms with Gasteiger partial charge in [0.2, 0.25) is 5.88 Å². The molecule has 0 unspecified atom stereocenters. The van der Waals surface area contributed by atoms with Gasteiger partial charge >= 0.3 is 6.03 Å². The fraction of sp³-hybridized carbons (Fsp3) is 0.667. The molecule has 0 bridgehead atoms. The lowest BCUT2D eigenvalue weighted by Gasteiger charge is -2.32. The van der Waals surface area contributed by atoms with Crippen molar-refractivity contribution < 1.29 is 14.3 Å². The SMILES string of the molecule is CCOc1ncccc1NC(=O)NC[C@@H]([C@@H]1CCOC1)N1CCCC1. The molecular weight excluding hydrogens is 320 g/mol. The molecule has 2 fully saturated rings. The molecule has 7 nitrogen and oxygen atoms in total. The first-order valence-corrected chi connectivity index (χ1v) is 9.22. The smallest absolute Gasteiger partial charge is 0.319 e. The van der Waals surface area contributed by atoms with E-state index in [0.29, 0.717) is 36.7 Å². The Kier molecular flexibility index (Phi) is 6.47. The average molecular weight is 348 g/mol. The molecule has 0 aliphatic carbocycles. The predicted octanol–water partition coefficient (Wildman–Crippen LogP) is 2.10. The number of pyridine rings is 1. The molecule has 2 aliphatic rings. The van der Waals surface area contributed by atoms with Crippen LogP contribution in [0.4, 0.5) is 10.5 Å². The van der Waals surface area contributed by atoms with Crippen molar-refractivity contribution in [3.63, 3.8) is 0 Å². The van der Waals surface area contributed by atoms with Gasteiger partial charge in [-0.2, -0.15) is 0 Å². The fourth-order valence-corrected chi connectivity index (χ4v) is 3.62. The predicted molar refractivity (Wildman–Crippen MR) is 95.9 cm³/mol. The number of likely N-dealkylation sites (tertiary alicyclic amines) is 1. The van der Waals surface area contributed by atoms with Crippen LogP contribution in [0.2, 0.25) is 0 Å². The van der Waals surface area contributed by atoms with Gasteiger partial charge in [-0.15, -0.1) is 0 Å². The normalized spacial score (nSPS) is 21.9. The number of nitrogens with one attached hydrogen (secondary N) is 2. The van der Waals surface area contributed by atoms with Crippen molar-refractivity contribution in [2.45, 2.75) is 32.2 Å². The summed E-state index contributed by atoms with van der Waals surface area (Å²) in [5, 5.41) is 5.87. The summed E-state index contributed by atoms with van der Waals surface area (Å²) in [6.07, 6.45) is 5.20. The average Bonchev–Trinajstić information content (AvgIpc) is 3.31. The fourth-order valence-electron chi connectivity index (χ4n) is 3.62. The molecule has 2 atom stereocenters. The highest BCUT2D eigenvalue weighted by molar-refractivity contribution is 5.90. The second-order valence-electron chi connectivity index (χ2n) is 6.56. The Morgan fingerprint density at radius 2 is 2.32 bits per heavy atom. The lowest BCUT2D eigenvalue weighted by atomic mass is 9.97. The molecular formula is C18H28N4O3. The molecule has 0 aromatic carbocycles. The zero-order chi connectivity index (χ0) is 17.5. The van der Waals surface area contributed by atoms with E-state index < -0.39 is 0 Å². The van der Waals surface area contributed by atoms with Crippen molar-refractivity contribution in [1.29, 1.82) is 0 Å². The van der Waals surface area contributed by atoms with Crippen LogP contribution in [-0.2, 0) is 4.74 Å². The van der Waals surface area contributed by atoms with Crippen molar-refractivity contribution in [2.24, 2.45) is 5.92 Å². The summed E-state index contributed by atoms with van der Waals surface area (Å²) in [7, 11) is 0. The first kappa shape index (κ1) is 17.9. The van der Waals surface area contributed by atoms with E-state index in [-0.39, 0.29) is 6.03 Å². The molecule has 3 rings (SSSR count). The minimum Gasteiger partial charge on any atom is -0.476 e. The lowest BCUT2D eigenvalue weighted by molar-refractivity contribution is 0.135. The third-order valence-corrected chi connectivity index (χ3v) is 4.89. The van der Waals surface area contributed by atoms with Crippen molar-refractivity contribution in [3.05, 3.63) is 18.3 Å². The molecule has 2 aliphatic heterocycles. The van der Waals surface area contributed by atoms with E-state index in [1.165, 1.54) is 12.8 Å². The van der Waals surface area contributed by atoms with E-state index in [9.17, 15) is 4.79 Å². The number of carbonyl (C=O) groups excluding carboxylic acids is 1. The Morgan fingerprint density at radius 3 is 3.04 bits per heavy atom. The first-order chi connectivity index (χ1) is 12.3. The zero-order valence-corrected chi connectivity index (χ0v) is 14.9. The summed E-state index contributed by atoms with van der Waals surface area (Å²) in [5.41, 5.74) is 0.587. The van der Waals surface area contributed by atoms with Crippen molar-refractivity contribution >= 4 is 11.7 Å². The largest absolute Gasteiger partial charge is 0.476 e. The number of rotatable bonds is 7. The van der Waals surface area contributed by atoms with Gasteiger partial charge in [0, 0.05) is 31.3 Å². The summed E-state index contributed by atoms with van der Waals surface area (Å²) in [6, 6.07) is 3.69. The molecule has 25 heavy (non-hydrogen) atoms. The monoisotopic (exact) mass is 348 g/mol. The van der Waals surface area contributed by atoms with Gasteiger partial charge < -0.3 is 20.1 Å². The number of hydrogen-bond donors (Lipinski definition) is 2. The van der Waals surface area contributed by atoms with E-state index in [1.807, 2.05) is 6.92 Å². The standard InChI is InChI=1S/C18H28N4O3/c1-2-25-17-15(6-5-8-19-17)21-18(23)20-12-16(14-7-11-24-13-14)22-9-3-4-10-22/h5-6,8,14,16H,2-4,7,9-13H2,1H3,(H2,20,21,23)/t14-,16+/m1/s1. The number of ether oxygens (including phenoxy) is 2. The molecule has 0 spiro atoms. The molecule has 138 valence electrons. The van der Waals surface area contributed by atoms with Crippen LogP contribution in [0.15, 0.2) is 18.3 Å². The van der Waals surface area contributed by atoms with Crippen LogP contribution >= 0.6 is 0 Å². The van der Waals surface area contributed by atoms with Crippen LogP contribution < -0.4 is 15.4 Å². The van der Waals surface area contributed by atoms with Gasteiger partial charge in [0.25, 0.3) is 0 Å². The van der Waals surface area contributed by atoms with Crippen LogP contribution in [0.1, 0.15) is 26.2 Å². The van der Waals surface area contributed by atoms with Crippen LogP contribution in [0, 0.1) is 5.92 Å². The molecule has 0 radical (unpaired) electrons. The molecule has 3 heterocycles. The van der Waals surface area contributed by atoms with E-state index in [2.05, 4.69) is 20.5 Å². The molecule has 2 saturated heterocycles. The third kappa shape index (κ3) is 4.83. The number of aromatic nitrogens is 1. The van der Waals surface area contributed by atoms with Crippen LogP contribution in [0.3, 0.4) is 0 Å². The van der Waals surface area contributed by atoms with Crippen molar-refractivity contribution in [1.82, 2.24) is 15.2 Å². The highest BCUT2D eigenvalue weighted by Gasteiger charge is 2.32. The van der Waals surface area contributed by atoms with Gasteiger partial charge in [0.05, 0.1) is 13.2 Å². The summed E-state index contributed by atoms with van der Waals surface area (Å²) >= 11 is 0. The van der Waals surface area contributed by atoms with Crippen molar-refractivity contribution in [3.8, 4) is 5.88 Å². The molecule has 0 saturated carbocycles. The van der Waals surface area contributed by atoms with Gasteiger partial charge in [-0.3, -0.25) is 4.90 Å². The Hall–Kier alpha value is -1.86. The molecule has 1 aromatic heterocycles. The topological polar surface area (TPSA) is 75.7 Å². The van der Waals surface area contributed by atoms with E-state index in [0.717, 1.165) is 32.7 Å². The van der Waals surface area contributed by atoms with Gasteiger partial charge in [0.15, 0.2) is 0 Å². The van der Waals surface area contributed by atoms with Gasteiger partial charge in [-0.25, -0.2) is 9.78 Å². The van der Waals surface area contributed by atoms with E-state index in [4.69, 9.17) is 9.47 Å². The minimum atomic E-state index is -0.225. The quantitative estimate of drug-likeness (QED) is 0.789. The Bertz CT molecular complexity index is 541. The number of urea groups is 1. The molecule has 7 heteroatoms. The highest BCUT2D eigenvalue weighted by Crippen LogP contribution is 2.24. The molecule has 1 aromatic rings. The van der Waals surface area contributed by atoms with E-state index >= 15 is 0 Å². The summed E-state index contributed by atoms with van der Waals surface area (Å²) in [4.78, 5) is 19.0.